The van der Waals surface area contributed by atoms with E-state index >= 15 is 0 Å². The van der Waals surface area contributed by atoms with Gasteiger partial charge >= 0.3 is 0 Å². The lowest BCUT2D eigenvalue weighted by atomic mass is 9.90. The molecule has 0 fully saturated rings. The van der Waals surface area contributed by atoms with Gasteiger partial charge in [0.05, 0.1) is 0 Å². The third-order valence-corrected chi connectivity index (χ3v) is 3.12. The summed E-state index contributed by atoms with van der Waals surface area (Å²) in [6.07, 6.45) is 7.71. The number of hydrogen-bond donors (Lipinski definition) is 1. The first-order chi connectivity index (χ1) is 7.76. The summed E-state index contributed by atoms with van der Waals surface area (Å²) in [5, 5.41) is 9.24. The van der Waals surface area contributed by atoms with Gasteiger partial charge in [0, 0.05) is 0 Å². The molecular weight excluding hydrogens is 196 g/mol. The van der Waals surface area contributed by atoms with Gasteiger partial charge in [0.25, 0.3) is 0 Å². The van der Waals surface area contributed by atoms with E-state index in [0.29, 0.717) is 5.75 Å². The van der Waals surface area contributed by atoms with Crippen LogP contribution in [0.2, 0.25) is 0 Å². The van der Waals surface area contributed by atoms with Crippen molar-refractivity contribution in [2.45, 2.75) is 52.4 Å². The van der Waals surface area contributed by atoms with Gasteiger partial charge in [-0.3, -0.25) is 0 Å². The fourth-order valence-electron chi connectivity index (χ4n) is 2.21. The van der Waals surface area contributed by atoms with E-state index in [-0.39, 0.29) is 0 Å². The summed E-state index contributed by atoms with van der Waals surface area (Å²) in [5.41, 5.74) is 1.35. The van der Waals surface area contributed by atoms with Crippen LogP contribution >= 0.6 is 0 Å². The summed E-state index contributed by atoms with van der Waals surface area (Å²) in [6.45, 7) is 4.51. The molecule has 1 heteroatoms. The van der Waals surface area contributed by atoms with E-state index < -0.39 is 0 Å². The predicted octanol–water partition coefficient (Wildman–Crippen LogP) is 4.54. The molecule has 0 aliphatic heterocycles. The Labute approximate surface area is 99.5 Å². The molecule has 0 bridgehead atoms. The smallest absolute Gasteiger partial charge is 0.115 e. The van der Waals surface area contributed by atoms with Crippen molar-refractivity contribution in [2.24, 2.45) is 5.92 Å². The molecule has 0 saturated carbocycles. The molecule has 0 radical (unpaired) electrons. The van der Waals surface area contributed by atoms with Crippen LogP contribution in [-0.4, -0.2) is 5.11 Å². The van der Waals surface area contributed by atoms with E-state index in [2.05, 4.69) is 13.8 Å². The van der Waals surface area contributed by atoms with Gasteiger partial charge in [-0.15, -0.1) is 0 Å². The first-order valence-corrected chi connectivity index (χ1v) is 6.54. The van der Waals surface area contributed by atoms with E-state index in [1.165, 1.54) is 37.7 Å². The van der Waals surface area contributed by atoms with Gasteiger partial charge in [-0.2, -0.15) is 0 Å². The largest absolute Gasteiger partial charge is 0.508 e. The Morgan fingerprint density at radius 3 is 2.25 bits per heavy atom. The van der Waals surface area contributed by atoms with Crippen molar-refractivity contribution < 1.29 is 5.11 Å². The zero-order valence-corrected chi connectivity index (χ0v) is 10.6. The highest BCUT2D eigenvalue weighted by molar-refractivity contribution is 5.26. The summed E-state index contributed by atoms with van der Waals surface area (Å²) >= 11 is 0. The third kappa shape index (κ3) is 4.69. The number of benzene rings is 1. The Balaban J connectivity index is 2.49. The second kappa shape index (κ2) is 7.32. The average molecular weight is 220 g/mol. The lowest BCUT2D eigenvalue weighted by molar-refractivity contribution is 0.426. The van der Waals surface area contributed by atoms with Crippen LogP contribution in [0.15, 0.2) is 24.3 Å². The molecule has 1 rings (SSSR count). The summed E-state index contributed by atoms with van der Waals surface area (Å²) < 4.78 is 0. The number of rotatable bonds is 7. The summed E-state index contributed by atoms with van der Waals surface area (Å²) in [7, 11) is 0. The molecule has 16 heavy (non-hydrogen) atoms. The monoisotopic (exact) mass is 220 g/mol. The summed E-state index contributed by atoms with van der Waals surface area (Å²) in [6, 6.07) is 7.67. The standard InChI is InChI=1S/C15H24O/c1-3-5-7-13(6-4-2)12-14-8-10-15(16)11-9-14/h8-11,13,16H,3-7,12H2,1-2H3. The first-order valence-electron chi connectivity index (χ1n) is 6.54. The van der Waals surface area contributed by atoms with Gasteiger partial charge in [-0.05, 0) is 30.0 Å². The SMILES string of the molecule is CCCCC(CCC)Cc1ccc(O)cc1. The van der Waals surface area contributed by atoms with Crippen LogP contribution in [0.5, 0.6) is 5.75 Å². The van der Waals surface area contributed by atoms with Gasteiger partial charge in [0.1, 0.15) is 5.75 Å². The van der Waals surface area contributed by atoms with Crippen LogP contribution in [0.3, 0.4) is 0 Å². The molecule has 0 amide bonds. The lowest BCUT2D eigenvalue weighted by Crippen LogP contribution is -2.04. The molecule has 0 spiro atoms. The molecule has 0 heterocycles. The number of phenols is 1. The van der Waals surface area contributed by atoms with E-state index in [4.69, 9.17) is 0 Å². The Morgan fingerprint density at radius 2 is 1.69 bits per heavy atom. The van der Waals surface area contributed by atoms with Crippen LogP contribution in [-0.2, 0) is 6.42 Å². The van der Waals surface area contributed by atoms with Crippen LogP contribution in [0, 0.1) is 5.92 Å². The molecule has 1 nitrogen and oxygen atoms in total. The van der Waals surface area contributed by atoms with Gasteiger partial charge in [0.2, 0.25) is 0 Å². The van der Waals surface area contributed by atoms with Crippen molar-refractivity contribution in [1.82, 2.24) is 0 Å². The molecule has 0 aliphatic carbocycles. The number of phenolic OH excluding ortho intramolecular Hbond substituents is 1. The highest BCUT2D eigenvalue weighted by atomic mass is 16.3. The van der Waals surface area contributed by atoms with Crippen molar-refractivity contribution in [3.05, 3.63) is 29.8 Å². The zero-order chi connectivity index (χ0) is 11.8. The number of aromatic hydroxyl groups is 1. The lowest BCUT2D eigenvalue weighted by Gasteiger charge is -2.15. The molecule has 90 valence electrons. The third-order valence-electron chi connectivity index (χ3n) is 3.12. The van der Waals surface area contributed by atoms with E-state index in [1.807, 2.05) is 12.1 Å². The van der Waals surface area contributed by atoms with Gasteiger partial charge in [-0.25, -0.2) is 0 Å². The fraction of sp³-hybridized carbons (Fsp3) is 0.600. The second-order valence-corrected chi connectivity index (χ2v) is 4.67. The van der Waals surface area contributed by atoms with Crippen molar-refractivity contribution in [3.8, 4) is 5.75 Å². The van der Waals surface area contributed by atoms with E-state index in [1.54, 1.807) is 12.1 Å². The minimum absolute atomic E-state index is 0.365. The number of unbranched alkanes of at least 4 members (excludes halogenated alkanes) is 1. The molecule has 1 atom stereocenters. The van der Waals surface area contributed by atoms with Gasteiger partial charge in [-0.1, -0.05) is 58.1 Å². The maximum Gasteiger partial charge on any atom is 0.115 e. The maximum atomic E-state index is 9.24. The Hall–Kier alpha value is -0.980. The normalized spacial score (nSPS) is 12.6. The fourth-order valence-corrected chi connectivity index (χ4v) is 2.21. The molecule has 0 saturated heterocycles. The van der Waals surface area contributed by atoms with E-state index in [0.717, 1.165) is 12.3 Å². The van der Waals surface area contributed by atoms with Crippen molar-refractivity contribution in [2.75, 3.05) is 0 Å². The molecule has 0 aliphatic rings. The Kier molecular flexibility index (Phi) is 5.99. The van der Waals surface area contributed by atoms with Crippen molar-refractivity contribution in [1.29, 1.82) is 0 Å². The van der Waals surface area contributed by atoms with E-state index in [9.17, 15) is 5.11 Å². The van der Waals surface area contributed by atoms with Crippen LogP contribution < -0.4 is 0 Å². The zero-order valence-electron chi connectivity index (χ0n) is 10.6. The first kappa shape index (κ1) is 13.1. The summed E-state index contributed by atoms with van der Waals surface area (Å²) in [5.74, 6) is 1.18. The van der Waals surface area contributed by atoms with Crippen LogP contribution in [0.4, 0.5) is 0 Å². The Bertz CT molecular complexity index is 276. The highest BCUT2D eigenvalue weighted by Crippen LogP contribution is 2.21. The molecule has 1 unspecified atom stereocenters. The quantitative estimate of drug-likeness (QED) is 0.715. The Morgan fingerprint density at radius 1 is 1.00 bits per heavy atom. The minimum atomic E-state index is 0.365. The minimum Gasteiger partial charge on any atom is -0.508 e. The molecule has 1 aromatic rings. The van der Waals surface area contributed by atoms with Gasteiger partial charge in [0.15, 0.2) is 0 Å². The highest BCUT2D eigenvalue weighted by Gasteiger charge is 2.08. The van der Waals surface area contributed by atoms with Crippen molar-refractivity contribution in [3.63, 3.8) is 0 Å². The summed E-state index contributed by atoms with van der Waals surface area (Å²) in [4.78, 5) is 0. The topological polar surface area (TPSA) is 20.2 Å². The molecular formula is C15H24O. The maximum absolute atomic E-state index is 9.24. The second-order valence-electron chi connectivity index (χ2n) is 4.67. The molecule has 1 aromatic carbocycles. The van der Waals surface area contributed by atoms with Gasteiger partial charge < -0.3 is 5.11 Å². The predicted molar refractivity (Wildman–Crippen MR) is 69.7 cm³/mol. The number of hydrogen-bond acceptors (Lipinski definition) is 1. The average Bonchev–Trinajstić information content (AvgIpc) is 2.29. The molecule has 1 N–H and O–H groups in total. The van der Waals surface area contributed by atoms with Crippen LogP contribution in [0.25, 0.3) is 0 Å². The van der Waals surface area contributed by atoms with Crippen molar-refractivity contribution >= 4 is 0 Å². The van der Waals surface area contributed by atoms with Crippen LogP contribution in [0.1, 0.15) is 51.5 Å². The molecule has 0 aromatic heterocycles.